The maximum atomic E-state index is 12.5. The predicted molar refractivity (Wildman–Crippen MR) is 81.3 cm³/mol. The van der Waals surface area contributed by atoms with Crippen LogP contribution < -0.4 is 5.56 Å². The summed E-state index contributed by atoms with van der Waals surface area (Å²) in [6.07, 6.45) is 4.14. The van der Waals surface area contributed by atoms with E-state index in [-0.39, 0.29) is 11.6 Å². The van der Waals surface area contributed by atoms with Crippen LogP contribution in [0.2, 0.25) is 0 Å². The van der Waals surface area contributed by atoms with E-state index in [1.165, 1.54) is 0 Å². The smallest absolute Gasteiger partial charge is 0.262 e. The van der Waals surface area contributed by atoms with Crippen LogP contribution in [0.5, 0.6) is 0 Å². The Balaban J connectivity index is 1.97. The van der Waals surface area contributed by atoms with Crippen molar-refractivity contribution in [2.24, 2.45) is 0 Å². The number of hydrogen-bond donors (Lipinski definition) is 0. The molecule has 0 aliphatic carbocycles. The van der Waals surface area contributed by atoms with Crippen LogP contribution in [0.3, 0.4) is 0 Å². The average molecular weight is 285 g/mol. The Morgan fingerprint density at radius 3 is 2.95 bits per heavy atom. The molecule has 0 spiro atoms. The molecule has 0 aliphatic rings. The molecule has 0 unspecified atom stereocenters. The summed E-state index contributed by atoms with van der Waals surface area (Å²) in [7, 11) is 0. The molecule has 3 aromatic heterocycles. The van der Waals surface area contributed by atoms with E-state index in [2.05, 4.69) is 9.97 Å². The molecule has 4 nitrogen and oxygen atoms in total. The van der Waals surface area contributed by atoms with E-state index in [1.807, 2.05) is 38.1 Å². The Labute approximate surface area is 120 Å². The lowest BCUT2D eigenvalue weighted by Crippen LogP contribution is -2.24. The molecule has 20 heavy (non-hydrogen) atoms. The van der Waals surface area contributed by atoms with E-state index in [0.29, 0.717) is 5.39 Å². The number of hydrogen-bond acceptors (Lipinski definition) is 4. The first-order valence-electron chi connectivity index (χ1n) is 6.52. The van der Waals surface area contributed by atoms with Crippen molar-refractivity contribution >= 4 is 21.6 Å². The van der Waals surface area contributed by atoms with Gasteiger partial charge in [-0.05, 0) is 32.0 Å². The highest BCUT2D eigenvalue weighted by Crippen LogP contribution is 2.20. The molecule has 0 saturated carbocycles. The van der Waals surface area contributed by atoms with E-state index in [1.54, 1.807) is 28.4 Å². The van der Waals surface area contributed by atoms with Gasteiger partial charge >= 0.3 is 0 Å². The summed E-state index contributed by atoms with van der Waals surface area (Å²) < 4.78 is 1.70. The first-order chi connectivity index (χ1) is 9.65. The number of fused-ring (bicyclic) bond motifs is 1. The second-order valence-electron chi connectivity index (χ2n) is 4.91. The van der Waals surface area contributed by atoms with E-state index < -0.39 is 0 Å². The van der Waals surface area contributed by atoms with Crippen LogP contribution in [0.15, 0.2) is 41.6 Å². The van der Waals surface area contributed by atoms with Crippen LogP contribution in [0.25, 0.3) is 10.2 Å². The minimum absolute atomic E-state index is 0.0304. The van der Waals surface area contributed by atoms with Gasteiger partial charge in [0, 0.05) is 29.2 Å². The van der Waals surface area contributed by atoms with Crippen molar-refractivity contribution in [3.63, 3.8) is 0 Å². The summed E-state index contributed by atoms with van der Waals surface area (Å²) in [5.74, 6) is 0. The minimum Gasteiger partial charge on any atom is -0.295 e. The molecule has 102 valence electrons. The zero-order valence-electron chi connectivity index (χ0n) is 11.4. The maximum absolute atomic E-state index is 12.5. The summed E-state index contributed by atoms with van der Waals surface area (Å²) in [6, 6.07) is 7.78. The lowest BCUT2D eigenvalue weighted by molar-refractivity contribution is 0.518. The normalized spacial score (nSPS) is 12.7. The molecule has 3 aromatic rings. The zero-order chi connectivity index (χ0) is 14.1. The molecule has 3 heterocycles. The molecule has 0 fully saturated rings. The lowest BCUT2D eigenvalue weighted by Gasteiger charge is -2.14. The molecule has 0 radical (unpaired) electrons. The van der Waals surface area contributed by atoms with Crippen LogP contribution in [0.4, 0.5) is 0 Å². The molecule has 0 aliphatic heterocycles. The molecule has 0 bridgehead atoms. The van der Waals surface area contributed by atoms with Crippen molar-refractivity contribution in [3.8, 4) is 0 Å². The highest BCUT2D eigenvalue weighted by Gasteiger charge is 2.12. The van der Waals surface area contributed by atoms with Gasteiger partial charge < -0.3 is 0 Å². The topological polar surface area (TPSA) is 47.8 Å². The Hall–Kier alpha value is -2.01. The van der Waals surface area contributed by atoms with Gasteiger partial charge in [0.15, 0.2) is 0 Å². The van der Waals surface area contributed by atoms with Crippen molar-refractivity contribution < 1.29 is 0 Å². The van der Waals surface area contributed by atoms with Gasteiger partial charge in [0.1, 0.15) is 4.83 Å². The maximum Gasteiger partial charge on any atom is 0.262 e. The number of aromatic nitrogens is 3. The van der Waals surface area contributed by atoms with Crippen LogP contribution in [-0.2, 0) is 6.42 Å². The fourth-order valence-corrected chi connectivity index (χ4v) is 3.13. The molecular formula is C15H15N3OS. The van der Waals surface area contributed by atoms with Gasteiger partial charge in [0.05, 0.1) is 11.7 Å². The molecule has 5 heteroatoms. The summed E-state index contributed by atoms with van der Waals surface area (Å²) in [5.41, 5.74) is 1.01. The number of thiophene rings is 1. The van der Waals surface area contributed by atoms with Crippen molar-refractivity contribution in [1.82, 2.24) is 14.5 Å². The van der Waals surface area contributed by atoms with Gasteiger partial charge in [0.2, 0.25) is 0 Å². The first-order valence-corrected chi connectivity index (χ1v) is 7.34. The Bertz CT molecular complexity index is 792. The number of nitrogens with zero attached hydrogens (tertiary/aromatic N) is 3. The lowest BCUT2D eigenvalue weighted by atomic mass is 10.1. The largest absolute Gasteiger partial charge is 0.295 e. The van der Waals surface area contributed by atoms with E-state index in [4.69, 9.17) is 0 Å². The molecule has 0 amide bonds. The highest BCUT2D eigenvalue weighted by molar-refractivity contribution is 7.18. The van der Waals surface area contributed by atoms with Gasteiger partial charge in [-0.15, -0.1) is 11.3 Å². The van der Waals surface area contributed by atoms with Gasteiger partial charge in [-0.2, -0.15) is 0 Å². The monoisotopic (exact) mass is 285 g/mol. The van der Waals surface area contributed by atoms with Crippen LogP contribution in [-0.4, -0.2) is 14.5 Å². The Morgan fingerprint density at radius 2 is 2.20 bits per heavy atom. The molecule has 0 N–H and O–H groups in total. The van der Waals surface area contributed by atoms with Crippen molar-refractivity contribution in [3.05, 3.63) is 57.7 Å². The second kappa shape index (κ2) is 5.17. The number of aryl methyl sites for hydroxylation is 1. The highest BCUT2D eigenvalue weighted by atomic mass is 32.1. The second-order valence-corrected chi connectivity index (χ2v) is 6.14. The molecular weight excluding hydrogens is 270 g/mol. The molecule has 0 aromatic carbocycles. The predicted octanol–water partition coefficient (Wildman–Crippen LogP) is 2.97. The summed E-state index contributed by atoms with van der Waals surface area (Å²) >= 11 is 1.55. The van der Waals surface area contributed by atoms with Gasteiger partial charge in [-0.25, -0.2) is 4.98 Å². The van der Waals surface area contributed by atoms with Crippen LogP contribution >= 0.6 is 11.3 Å². The third kappa shape index (κ3) is 2.36. The minimum atomic E-state index is 0.0304. The first kappa shape index (κ1) is 13.0. The van der Waals surface area contributed by atoms with Crippen LogP contribution in [0.1, 0.15) is 23.5 Å². The third-order valence-electron chi connectivity index (χ3n) is 3.31. The summed E-state index contributed by atoms with van der Waals surface area (Å²) in [4.78, 5) is 23.1. The van der Waals surface area contributed by atoms with Crippen molar-refractivity contribution in [2.75, 3.05) is 0 Å². The van der Waals surface area contributed by atoms with Gasteiger partial charge in [0.25, 0.3) is 5.56 Å². The molecule has 3 rings (SSSR count). The molecule has 1 atom stereocenters. The fourth-order valence-electron chi connectivity index (χ4n) is 2.29. The van der Waals surface area contributed by atoms with Gasteiger partial charge in [-0.1, -0.05) is 6.07 Å². The standard InChI is InChI=1S/C15H15N3OS/c1-10(7-12-5-3-4-6-16-12)18-9-17-14-13(15(18)19)8-11(2)20-14/h3-6,8-10H,7H2,1-2H3/t10-/m1/s1. The quantitative estimate of drug-likeness (QED) is 0.743. The van der Waals surface area contributed by atoms with E-state index >= 15 is 0 Å². The Morgan fingerprint density at radius 1 is 1.35 bits per heavy atom. The SMILES string of the molecule is Cc1cc2c(=O)n([C@H](C)Cc3ccccn3)cnc2s1. The van der Waals surface area contributed by atoms with E-state index in [9.17, 15) is 4.79 Å². The Kier molecular flexibility index (Phi) is 3.36. The summed E-state index contributed by atoms with van der Waals surface area (Å²) in [5, 5.41) is 0.711. The fraction of sp³-hybridized carbons (Fsp3) is 0.267. The van der Waals surface area contributed by atoms with Crippen molar-refractivity contribution in [2.45, 2.75) is 26.3 Å². The molecule has 0 saturated heterocycles. The van der Waals surface area contributed by atoms with E-state index in [0.717, 1.165) is 21.8 Å². The number of rotatable bonds is 3. The van der Waals surface area contributed by atoms with Gasteiger partial charge in [-0.3, -0.25) is 14.3 Å². The van der Waals surface area contributed by atoms with Crippen molar-refractivity contribution in [1.29, 1.82) is 0 Å². The number of pyridine rings is 1. The summed E-state index contributed by atoms with van der Waals surface area (Å²) in [6.45, 7) is 4.01. The third-order valence-corrected chi connectivity index (χ3v) is 4.26. The zero-order valence-corrected chi connectivity index (χ0v) is 12.2. The van der Waals surface area contributed by atoms with Crippen LogP contribution in [0, 0.1) is 6.92 Å². The average Bonchev–Trinajstić information content (AvgIpc) is 2.82.